The van der Waals surface area contributed by atoms with Crippen LogP contribution >= 0.6 is 11.3 Å². The van der Waals surface area contributed by atoms with Gasteiger partial charge in [0, 0.05) is 12.4 Å². The van der Waals surface area contributed by atoms with Crippen molar-refractivity contribution in [3.8, 4) is 5.00 Å². The number of aldehydes is 1. The summed E-state index contributed by atoms with van der Waals surface area (Å²) in [5.74, 6) is 0. The summed E-state index contributed by atoms with van der Waals surface area (Å²) in [6, 6.07) is 3.70. The maximum atomic E-state index is 10.4. The number of aromatic nitrogens is 2. The molecule has 0 saturated heterocycles. The van der Waals surface area contributed by atoms with Gasteiger partial charge in [-0.2, -0.15) is 0 Å². The van der Waals surface area contributed by atoms with Gasteiger partial charge in [0.05, 0.1) is 11.2 Å². The first-order chi connectivity index (χ1) is 5.90. The van der Waals surface area contributed by atoms with E-state index in [4.69, 9.17) is 0 Å². The first kappa shape index (κ1) is 7.24. The first-order valence-electron chi connectivity index (χ1n) is 3.43. The van der Waals surface area contributed by atoms with E-state index in [9.17, 15) is 4.79 Å². The highest BCUT2D eigenvalue weighted by atomic mass is 32.1. The zero-order valence-electron chi connectivity index (χ0n) is 6.18. The van der Waals surface area contributed by atoms with Crippen molar-refractivity contribution in [3.05, 3.63) is 35.7 Å². The molecule has 4 heteroatoms. The van der Waals surface area contributed by atoms with Gasteiger partial charge in [-0.05, 0) is 12.1 Å². The molecule has 0 radical (unpaired) electrons. The van der Waals surface area contributed by atoms with Crippen LogP contribution in [0.15, 0.2) is 30.9 Å². The number of rotatable bonds is 2. The summed E-state index contributed by atoms with van der Waals surface area (Å²) in [5.41, 5.74) is 0. The topological polar surface area (TPSA) is 34.9 Å². The highest BCUT2D eigenvalue weighted by molar-refractivity contribution is 7.16. The highest BCUT2D eigenvalue weighted by Gasteiger charge is 1.99. The second kappa shape index (κ2) is 2.91. The van der Waals surface area contributed by atoms with Crippen LogP contribution in [0, 0.1) is 0 Å². The summed E-state index contributed by atoms with van der Waals surface area (Å²) >= 11 is 1.45. The van der Waals surface area contributed by atoms with Crippen molar-refractivity contribution in [2.75, 3.05) is 0 Å². The lowest BCUT2D eigenvalue weighted by atomic mass is 10.5. The molecule has 0 bridgehead atoms. The van der Waals surface area contributed by atoms with Gasteiger partial charge in [0.15, 0.2) is 6.29 Å². The Morgan fingerprint density at radius 2 is 2.42 bits per heavy atom. The third kappa shape index (κ3) is 1.16. The van der Waals surface area contributed by atoms with E-state index in [0.29, 0.717) is 0 Å². The average molecular weight is 178 g/mol. The molecule has 2 aromatic rings. The fourth-order valence-corrected chi connectivity index (χ4v) is 1.71. The number of thiophene rings is 1. The molecule has 3 nitrogen and oxygen atoms in total. The van der Waals surface area contributed by atoms with E-state index in [1.807, 2.05) is 16.8 Å². The van der Waals surface area contributed by atoms with Crippen LogP contribution in [0.4, 0.5) is 0 Å². The van der Waals surface area contributed by atoms with Crippen LogP contribution in [-0.2, 0) is 0 Å². The van der Waals surface area contributed by atoms with E-state index < -0.39 is 0 Å². The maximum Gasteiger partial charge on any atom is 0.160 e. The van der Waals surface area contributed by atoms with Gasteiger partial charge in [-0.25, -0.2) is 4.98 Å². The van der Waals surface area contributed by atoms with Crippen molar-refractivity contribution in [1.82, 2.24) is 9.55 Å². The molecule has 0 atom stereocenters. The number of imidazole rings is 1. The summed E-state index contributed by atoms with van der Waals surface area (Å²) < 4.78 is 1.87. The molecule has 0 amide bonds. The van der Waals surface area contributed by atoms with Crippen LogP contribution in [-0.4, -0.2) is 15.8 Å². The van der Waals surface area contributed by atoms with Gasteiger partial charge in [0.1, 0.15) is 5.00 Å². The van der Waals surface area contributed by atoms with Gasteiger partial charge in [-0.15, -0.1) is 11.3 Å². The molecule has 0 spiro atoms. The molecule has 0 unspecified atom stereocenters. The van der Waals surface area contributed by atoms with E-state index in [0.717, 1.165) is 16.2 Å². The second-order valence-electron chi connectivity index (χ2n) is 2.26. The van der Waals surface area contributed by atoms with Crippen molar-refractivity contribution < 1.29 is 4.79 Å². The van der Waals surface area contributed by atoms with Crippen molar-refractivity contribution >= 4 is 17.6 Å². The highest BCUT2D eigenvalue weighted by Crippen LogP contribution is 2.18. The smallest absolute Gasteiger partial charge is 0.160 e. The van der Waals surface area contributed by atoms with E-state index in [-0.39, 0.29) is 0 Å². The SMILES string of the molecule is O=Cc1ccc(-n2ccnc2)s1. The minimum Gasteiger partial charge on any atom is -0.298 e. The predicted octanol–water partition coefficient (Wildman–Crippen LogP) is 1.75. The monoisotopic (exact) mass is 178 g/mol. The standard InChI is InChI=1S/C8H6N2OS/c11-5-7-1-2-8(12-7)10-4-3-9-6-10/h1-6H. The Morgan fingerprint density at radius 3 is 3.00 bits per heavy atom. The summed E-state index contributed by atoms with van der Waals surface area (Å²) in [4.78, 5) is 15.0. The zero-order chi connectivity index (χ0) is 8.39. The molecule has 0 aromatic carbocycles. The predicted molar refractivity (Wildman–Crippen MR) is 46.8 cm³/mol. The Morgan fingerprint density at radius 1 is 1.50 bits per heavy atom. The largest absolute Gasteiger partial charge is 0.298 e. The second-order valence-corrected chi connectivity index (χ2v) is 3.36. The minimum absolute atomic E-state index is 0.735. The molecular formula is C8H6N2OS. The van der Waals surface area contributed by atoms with Crippen LogP contribution in [0.5, 0.6) is 0 Å². The van der Waals surface area contributed by atoms with Gasteiger partial charge in [-0.1, -0.05) is 0 Å². The molecule has 2 aromatic heterocycles. The van der Waals surface area contributed by atoms with Gasteiger partial charge >= 0.3 is 0 Å². The quantitative estimate of drug-likeness (QED) is 0.656. The van der Waals surface area contributed by atoms with E-state index >= 15 is 0 Å². The number of hydrogen-bond donors (Lipinski definition) is 0. The minimum atomic E-state index is 0.735. The van der Waals surface area contributed by atoms with Crippen molar-refractivity contribution in [1.29, 1.82) is 0 Å². The lowest BCUT2D eigenvalue weighted by Gasteiger charge is -1.92. The van der Waals surface area contributed by atoms with Crippen molar-refractivity contribution in [2.45, 2.75) is 0 Å². The van der Waals surface area contributed by atoms with Gasteiger partial charge < -0.3 is 0 Å². The molecule has 0 aliphatic rings. The summed E-state index contributed by atoms with van der Waals surface area (Å²) in [6.07, 6.45) is 6.12. The molecule has 0 aliphatic carbocycles. The van der Waals surface area contributed by atoms with Crippen molar-refractivity contribution in [3.63, 3.8) is 0 Å². The number of carbonyl (C=O) groups is 1. The number of carbonyl (C=O) groups excluding carboxylic acids is 1. The van der Waals surface area contributed by atoms with Gasteiger partial charge in [-0.3, -0.25) is 9.36 Å². The molecule has 2 heterocycles. The van der Waals surface area contributed by atoms with E-state index in [2.05, 4.69) is 4.98 Å². The Bertz CT molecular complexity index is 377. The Hall–Kier alpha value is -1.42. The van der Waals surface area contributed by atoms with Crippen LogP contribution in [0.2, 0.25) is 0 Å². The van der Waals surface area contributed by atoms with Gasteiger partial charge in [0.25, 0.3) is 0 Å². The first-order valence-corrected chi connectivity index (χ1v) is 4.25. The molecular weight excluding hydrogens is 172 g/mol. The molecule has 60 valence electrons. The van der Waals surface area contributed by atoms with Gasteiger partial charge in [0.2, 0.25) is 0 Å². The summed E-state index contributed by atoms with van der Waals surface area (Å²) in [7, 11) is 0. The van der Waals surface area contributed by atoms with E-state index in [1.165, 1.54) is 11.3 Å². The number of hydrogen-bond acceptors (Lipinski definition) is 3. The summed E-state index contributed by atoms with van der Waals surface area (Å²) in [6.45, 7) is 0. The lowest BCUT2D eigenvalue weighted by Crippen LogP contribution is -1.82. The third-order valence-electron chi connectivity index (χ3n) is 1.49. The molecule has 2 rings (SSSR count). The van der Waals surface area contributed by atoms with Crippen molar-refractivity contribution in [2.24, 2.45) is 0 Å². The molecule has 0 saturated carbocycles. The molecule has 0 fully saturated rings. The maximum absolute atomic E-state index is 10.4. The summed E-state index contributed by atoms with van der Waals surface area (Å²) in [5, 5.41) is 1.01. The Labute approximate surface area is 73.3 Å². The molecule has 0 aliphatic heterocycles. The lowest BCUT2D eigenvalue weighted by molar-refractivity contribution is 0.112. The average Bonchev–Trinajstić information content (AvgIpc) is 2.75. The normalized spacial score (nSPS) is 10.0. The molecule has 0 N–H and O–H groups in total. The fourth-order valence-electron chi connectivity index (χ4n) is 0.934. The van der Waals surface area contributed by atoms with Crippen LogP contribution in [0.25, 0.3) is 5.00 Å². The Balaban J connectivity index is 2.41. The van der Waals surface area contributed by atoms with E-state index in [1.54, 1.807) is 18.6 Å². The Kier molecular flexibility index (Phi) is 1.75. The number of nitrogens with zero attached hydrogens (tertiary/aromatic N) is 2. The van der Waals surface area contributed by atoms with Crippen LogP contribution in [0.3, 0.4) is 0 Å². The van der Waals surface area contributed by atoms with Crippen LogP contribution in [0.1, 0.15) is 9.67 Å². The zero-order valence-corrected chi connectivity index (χ0v) is 6.99. The molecule has 12 heavy (non-hydrogen) atoms. The fraction of sp³-hybridized carbons (Fsp3) is 0. The third-order valence-corrected chi connectivity index (χ3v) is 2.51. The van der Waals surface area contributed by atoms with Crippen LogP contribution < -0.4 is 0 Å².